The Labute approximate surface area is 187 Å². The standard InChI is InChI=1S/C24H18F3N3O3/c1-13-3-6-16(7-4-13)21(31)19-20(15-8-10-17(11-9-15)24(25,26)27)30(23(33)22(19)32)18-12-5-14(2)28-29-18/h3-12,20,31H,1-2H3. The molecule has 0 radical (unpaired) electrons. The first-order valence-corrected chi connectivity index (χ1v) is 9.93. The number of hydrogen-bond donors (Lipinski definition) is 1. The highest BCUT2D eigenvalue weighted by Gasteiger charge is 2.47. The predicted octanol–water partition coefficient (Wildman–Crippen LogP) is 4.74. The molecule has 1 aliphatic heterocycles. The fourth-order valence-corrected chi connectivity index (χ4v) is 3.63. The number of anilines is 1. The van der Waals surface area contributed by atoms with E-state index in [0.717, 1.165) is 22.6 Å². The molecule has 1 aromatic heterocycles. The number of carbonyl (C=O) groups excluding carboxylic acids is 2. The molecule has 4 rings (SSSR count). The lowest BCUT2D eigenvalue weighted by Gasteiger charge is -2.24. The van der Waals surface area contributed by atoms with Gasteiger partial charge in [-0.15, -0.1) is 5.10 Å². The molecular weight excluding hydrogens is 435 g/mol. The van der Waals surface area contributed by atoms with Crippen LogP contribution >= 0.6 is 0 Å². The van der Waals surface area contributed by atoms with Crippen LogP contribution in [-0.2, 0) is 15.8 Å². The summed E-state index contributed by atoms with van der Waals surface area (Å²) in [5.41, 5.74) is 0.869. The van der Waals surface area contributed by atoms with Gasteiger partial charge in [0.1, 0.15) is 5.76 Å². The second kappa shape index (κ2) is 8.16. The maximum Gasteiger partial charge on any atom is 0.416 e. The van der Waals surface area contributed by atoms with Gasteiger partial charge in [0.2, 0.25) is 0 Å². The number of nitrogens with zero attached hydrogens (tertiary/aromatic N) is 3. The van der Waals surface area contributed by atoms with Gasteiger partial charge >= 0.3 is 12.1 Å². The third-order valence-corrected chi connectivity index (χ3v) is 5.35. The van der Waals surface area contributed by atoms with Crippen molar-refractivity contribution in [3.8, 4) is 0 Å². The molecule has 33 heavy (non-hydrogen) atoms. The number of Topliss-reactive ketones (excluding diaryl/α,β-unsaturated/α-hetero) is 1. The number of alkyl halides is 3. The minimum absolute atomic E-state index is 0.0376. The molecule has 1 unspecified atom stereocenters. The van der Waals surface area contributed by atoms with Crippen molar-refractivity contribution in [2.24, 2.45) is 0 Å². The number of amides is 1. The molecule has 1 N–H and O–H groups in total. The zero-order valence-electron chi connectivity index (χ0n) is 17.6. The van der Waals surface area contributed by atoms with E-state index in [0.29, 0.717) is 11.3 Å². The topological polar surface area (TPSA) is 83.4 Å². The number of ketones is 1. The molecule has 2 aromatic carbocycles. The molecule has 1 aliphatic rings. The SMILES string of the molecule is Cc1ccc(C(O)=C2C(=O)C(=O)N(c3ccc(C)nn3)C2c2ccc(C(F)(F)F)cc2)cc1. The van der Waals surface area contributed by atoms with E-state index in [2.05, 4.69) is 10.2 Å². The Hall–Kier alpha value is -4.01. The molecule has 2 heterocycles. The summed E-state index contributed by atoms with van der Waals surface area (Å²) in [6.45, 7) is 3.54. The molecule has 0 spiro atoms. The number of hydrogen-bond acceptors (Lipinski definition) is 5. The van der Waals surface area contributed by atoms with E-state index in [9.17, 15) is 27.9 Å². The van der Waals surface area contributed by atoms with E-state index in [4.69, 9.17) is 0 Å². The van der Waals surface area contributed by atoms with Crippen LogP contribution in [0.2, 0.25) is 0 Å². The molecule has 1 saturated heterocycles. The Morgan fingerprint density at radius 3 is 2.09 bits per heavy atom. The van der Waals surface area contributed by atoms with Crippen LogP contribution in [0.4, 0.5) is 19.0 Å². The summed E-state index contributed by atoms with van der Waals surface area (Å²) in [6.07, 6.45) is -4.55. The van der Waals surface area contributed by atoms with Crippen molar-refractivity contribution < 1.29 is 27.9 Å². The molecule has 1 fully saturated rings. The second-order valence-corrected chi connectivity index (χ2v) is 7.69. The first-order valence-electron chi connectivity index (χ1n) is 9.93. The number of halogens is 3. The third kappa shape index (κ3) is 4.09. The van der Waals surface area contributed by atoms with Crippen molar-refractivity contribution in [3.05, 3.63) is 94.2 Å². The van der Waals surface area contributed by atoms with Crippen LogP contribution in [-0.4, -0.2) is 27.0 Å². The summed E-state index contributed by atoms with van der Waals surface area (Å²) < 4.78 is 39.2. The summed E-state index contributed by atoms with van der Waals surface area (Å²) in [5.74, 6) is -2.33. The highest BCUT2D eigenvalue weighted by Crippen LogP contribution is 2.42. The van der Waals surface area contributed by atoms with Crippen molar-refractivity contribution in [1.82, 2.24) is 10.2 Å². The quantitative estimate of drug-likeness (QED) is 0.352. The van der Waals surface area contributed by atoms with Gasteiger partial charge in [0, 0.05) is 5.56 Å². The highest BCUT2D eigenvalue weighted by atomic mass is 19.4. The number of aromatic nitrogens is 2. The van der Waals surface area contributed by atoms with Crippen LogP contribution in [0, 0.1) is 13.8 Å². The minimum atomic E-state index is -4.55. The summed E-state index contributed by atoms with van der Waals surface area (Å²) in [7, 11) is 0. The summed E-state index contributed by atoms with van der Waals surface area (Å²) >= 11 is 0. The van der Waals surface area contributed by atoms with E-state index < -0.39 is 35.2 Å². The van der Waals surface area contributed by atoms with E-state index in [-0.39, 0.29) is 17.0 Å². The number of rotatable bonds is 3. The molecule has 1 amide bonds. The first-order chi connectivity index (χ1) is 15.6. The van der Waals surface area contributed by atoms with E-state index in [1.165, 1.54) is 18.2 Å². The van der Waals surface area contributed by atoms with Crippen molar-refractivity contribution in [2.45, 2.75) is 26.1 Å². The third-order valence-electron chi connectivity index (χ3n) is 5.35. The minimum Gasteiger partial charge on any atom is -0.507 e. The Bertz CT molecular complexity index is 1250. The summed E-state index contributed by atoms with van der Waals surface area (Å²) in [4.78, 5) is 27.0. The number of aliphatic hydroxyl groups is 1. The van der Waals surface area contributed by atoms with Gasteiger partial charge in [-0.05, 0) is 43.7 Å². The molecule has 3 aromatic rings. The lowest BCUT2D eigenvalue weighted by Crippen LogP contribution is -2.30. The van der Waals surface area contributed by atoms with Crippen LogP contribution in [0.5, 0.6) is 0 Å². The summed E-state index contributed by atoms with van der Waals surface area (Å²) in [6, 6.07) is 12.6. The first kappa shape index (κ1) is 22.2. The van der Waals surface area contributed by atoms with Gasteiger partial charge in [-0.3, -0.25) is 14.5 Å². The van der Waals surface area contributed by atoms with Crippen LogP contribution in [0.1, 0.15) is 34.0 Å². The average Bonchev–Trinajstić information content (AvgIpc) is 3.04. The number of aliphatic hydroxyl groups excluding tert-OH is 1. The maximum absolute atomic E-state index is 13.1. The lowest BCUT2D eigenvalue weighted by atomic mass is 9.94. The zero-order valence-corrected chi connectivity index (χ0v) is 17.6. The number of carbonyl (C=O) groups is 2. The molecule has 168 valence electrons. The van der Waals surface area contributed by atoms with Crippen LogP contribution in [0.3, 0.4) is 0 Å². The van der Waals surface area contributed by atoms with Gasteiger partial charge < -0.3 is 5.11 Å². The lowest BCUT2D eigenvalue weighted by molar-refractivity contribution is -0.137. The van der Waals surface area contributed by atoms with E-state index in [1.807, 2.05) is 6.92 Å². The second-order valence-electron chi connectivity index (χ2n) is 7.69. The van der Waals surface area contributed by atoms with Gasteiger partial charge in [0.15, 0.2) is 5.82 Å². The van der Waals surface area contributed by atoms with E-state index >= 15 is 0 Å². The smallest absolute Gasteiger partial charge is 0.416 e. The molecule has 1 atom stereocenters. The Morgan fingerprint density at radius 1 is 0.909 bits per heavy atom. The van der Waals surface area contributed by atoms with Crippen molar-refractivity contribution >= 4 is 23.3 Å². The van der Waals surface area contributed by atoms with Crippen molar-refractivity contribution in [2.75, 3.05) is 4.90 Å². The maximum atomic E-state index is 13.1. The Kier molecular flexibility index (Phi) is 5.49. The van der Waals surface area contributed by atoms with Crippen molar-refractivity contribution in [1.29, 1.82) is 0 Å². The number of benzene rings is 2. The fraction of sp³-hybridized carbons (Fsp3) is 0.167. The van der Waals surface area contributed by atoms with Crippen LogP contribution in [0.25, 0.3) is 5.76 Å². The van der Waals surface area contributed by atoms with Crippen LogP contribution in [0.15, 0.2) is 66.2 Å². The predicted molar refractivity (Wildman–Crippen MR) is 114 cm³/mol. The van der Waals surface area contributed by atoms with Gasteiger partial charge in [0.25, 0.3) is 5.78 Å². The Balaban J connectivity index is 1.91. The van der Waals surface area contributed by atoms with Gasteiger partial charge in [-0.1, -0.05) is 42.0 Å². The van der Waals surface area contributed by atoms with Crippen molar-refractivity contribution in [3.63, 3.8) is 0 Å². The zero-order chi connectivity index (χ0) is 23.9. The van der Waals surface area contributed by atoms with E-state index in [1.54, 1.807) is 37.3 Å². The molecular formula is C24H18F3N3O3. The number of aryl methyl sites for hydroxylation is 2. The Morgan fingerprint density at radius 2 is 1.55 bits per heavy atom. The van der Waals surface area contributed by atoms with Crippen LogP contribution < -0.4 is 4.90 Å². The fourth-order valence-electron chi connectivity index (χ4n) is 3.63. The largest absolute Gasteiger partial charge is 0.507 e. The van der Waals surface area contributed by atoms with Gasteiger partial charge in [-0.2, -0.15) is 18.3 Å². The normalized spacial score (nSPS) is 18.1. The molecule has 0 bridgehead atoms. The molecule has 0 saturated carbocycles. The van der Waals surface area contributed by atoms with Gasteiger partial charge in [0.05, 0.1) is 22.9 Å². The molecule has 9 heteroatoms. The highest BCUT2D eigenvalue weighted by molar-refractivity contribution is 6.51. The monoisotopic (exact) mass is 453 g/mol. The van der Waals surface area contributed by atoms with Gasteiger partial charge in [-0.25, -0.2) is 0 Å². The molecule has 0 aliphatic carbocycles. The molecule has 6 nitrogen and oxygen atoms in total. The average molecular weight is 453 g/mol. The summed E-state index contributed by atoms with van der Waals surface area (Å²) in [5, 5.41) is 18.9.